The summed E-state index contributed by atoms with van der Waals surface area (Å²) < 4.78 is 124. The van der Waals surface area contributed by atoms with Gasteiger partial charge in [0.2, 0.25) is 0 Å². The lowest BCUT2D eigenvalue weighted by atomic mass is 9.96. The summed E-state index contributed by atoms with van der Waals surface area (Å²) in [7, 11) is 0. The molecular weight excluding hydrogens is 536 g/mol. The maximum Gasteiger partial charge on any atom is 0.425 e. The Morgan fingerprint density at radius 2 is 1.56 bits per heavy atom. The van der Waals surface area contributed by atoms with E-state index in [1.165, 1.54) is 18.2 Å². The van der Waals surface area contributed by atoms with E-state index >= 15 is 0 Å². The molecule has 11 heteroatoms. The zero-order valence-electron chi connectivity index (χ0n) is 20.4. The van der Waals surface area contributed by atoms with Crippen molar-refractivity contribution in [2.45, 2.75) is 38.1 Å². The number of hydrogen-bond acceptors (Lipinski definition) is 3. The molecule has 0 unspecified atom stereocenters. The summed E-state index contributed by atoms with van der Waals surface area (Å²) >= 11 is 0. The third-order valence-electron chi connectivity index (χ3n) is 6.03. The van der Waals surface area contributed by atoms with Crippen LogP contribution in [0.25, 0.3) is 11.1 Å². The standard InChI is InChI=1S/C28H22F8O3/c1-2-3-15-4-6-20(21(29)8-15)18-13-37-27(38-14-18)16-5-7-19(22(30)9-16)17-10-23(31)26(24(32)11-17)39-28(35,36)12-25(33)34/h4-12,18,27H,2-3,13-14H2,1H3. The summed E-state index contributed by atoms with van der Waals surface area (Å²) in [6.45, 7) is 2.19. The highest BCUT2D eigenvalue weighted by atomic mass is 19.3. The fourth-order valence-electron chi connectivity index (χ4n) is 4.24. The van der Waals surface area contributed by atoms with Crippen molar-refractivity contribution in [2.24, 2.45) is 0 Å². The number of ether oxygens (including phenoxy) is 3. The molecule has 0 spiro atoms. The molecule has 1 saturated heterocycles. The molecule has 0 aromatic heterocycles. The van der Waals surface area contributed by atoms with Crippen LogP contribution in [0.1, 0.15) is 42.2 Å². The van der Waals surface area contributed by atoms with Gasteiger partial charge in [0.25, 0.3) is 6.08 Å². The second-order valence-corrected chi connectivity index (χ2v) is 8.91. The van der Waals surface area contributed by atoms with Crippen LogP contribution in [0.5, 0.6) is 5.75 Å². The van der Waals surface area contributed by atoms with Gasteiger partial charge >= 0.3 is 6.11 Å². The molecule has 1 fully saturated rings. The smallest absolute Gasteiger partial charge is 0.423 e. The summed E-state index contributed by atoms with van der Waals surface area (Å²) in [5, 5.41) is 0. The van der Waals surface area contributed by atoms with Crippen molar-refractivity contribution < 1.29 is 49.3 Å². The van der Waals surface area contributed by atoms with Crippen LogP contribution in [0.4, 0.5) is 35.1 Å². The first kappa shape index (κ1) is 28.6. The number of aryl methyl sites for hydroxylation is 1. The molecule has 0 atom stereocenters. The number of rotatable bonds is 8. The molecule has 0 amide bonds. The highest BCUT2D eigenvalue weighted by Crippen LogP contribution is 2.36. The van der Waals surface area contributed by atoms with Gasteiger partial charge in [-0.2, -0.15) is 17.6 Å². The van der Waals surface area contributed by atoms with Gasteiger partial charge in [0.05, 0.1) is 19.3 Å². The normalized spacial score (nSPS) is 17.7. The van der Waals surface area contributed by atoms with Crippen LogP contribution in [0, 0.1) is 23.3 Å². The first-order valence-corrected chi connectivity index (χ1v) is 11.9. The quantitative estimate of drug-likeness (QED) is 0.260. The Kier molecular flexibility index (Phi) is 8.60. The van der Waals surface area contributed by atoms with E-state index in [0.29, 0.717) is 17.7 Å². The van der Waals surface area contributed by atoms with Crippen molar-refractivity contribution in [3.8, 4) is 16.9 Å². The van der Waals surface area contributed by atoms with Crippen molar-refractivity contribution in [1.29, 1.82) is 0 Å². The van der Waals surface area contributed by atoms with Gasteiger partial charge < -0.3 is 14.2 Å². The molecule has 1 aliphatic rings. The van der Waals surface area contributed by atoms with Crippen LogP contribution in [-0.4, -0.2) is 19.3 Å². The highest BCUT2D eigenvalue weighted by molar-refractivity contribution is 5.66. The molecule has 0 bridgehead atoms. The van der Waals surface area contributed by atoms with Gasteiger partial charge in [0.15, 0.2) is 23.7 Å². The second kappa shape index (κ2) is 11.7. The van der Waals surface area contributed by atoms with E-state index in [-0.39, 0.29) is 41.6 Å². The minimum atomic E-state index is -4.68. The Bertz CT molecular complexity index is 1340. The number of alkyl halides is 2. The van der Waals surface area contributed by atoms with Crippen LogP contribution in [0.2, 0.25) is 0 Å². The van der Waals surface area contributed by atoms with E-state index in [1.54, 1.807) is 6.07 Å². The largest absolute Gasteiger partial charge is 0.425 e. The highest BCUT2D eigenvalue weighted by Gasteiger charge is 2.33. The van der Waals surface area contributed by atoms with E-state index in [0.717, 1.165) is 24.5 Å². The Balaban J connectivity index is 1.47. The number of benzene rings is 3. The van der Waals surface area contributed by atoms with E-state index in [9.17, 15) is 35.1 Å². The molecule has 39 heavy (non-hydrogen) atoms. The van der Waals surface area contributed by atoms with Crippen LogP contribution >= 0.6 is 0 Å². The average Bonchev–Trinajstić information content (AvgIpc) is 2.86. The minimum absolute atomic E-state index is 0.0993. The molecule has 0 saturated carbocycles. The van der Waals surface area contributed by atoms with Crippen LogP contribution in [-0.2, 0) is 15.9 Å². The van der Waals surface area contributed by atoms with E-state index < -0.39 is 47.8 Å². The first-order valence-electron chi connectivity index (χ1n) is 11.9. The predicted molar refractivity (Wildman–Crippen MR) is 125 cm³/mol. The number of hydrogen-bond donors (Lipinski definition) is 0. The van der Waals surface area contributed by atoms with Gasteiger partial charge in [-0.15, -0.1) is 0 Å². The fourth-order valence-corrected chi connectivity index (χ4v) is 4.24. The Labute approximate surface area is 218 Å². The zero-order chi connectivity index (χ0) is 28.3. The lowest BCUT2D eigenvalue weighted by Gasteiger charge is -2.30. The molecule has 3 aromatic carbocycles. The Hall–Kier alpha value is -3.44. The summed E-state index contributed by atoms with van der Waals surface area (Å²) in [6.07, 6.45) is -7.74. The topological polar surface area (TPSA) is 27.7 Å². The van der Waals surface area contributed by atoms with Crippen molar-refractivity contribution in [2.75, 3.05) is 13.2 Å². The summed E-state index contributed by atoms with van der Waals surface area (Å²) in [6, 6.07) is 9.66. The van der Waals surface area contributed by atoms with E-state index in [4.69, 9.17) is 9.47 Å². The SMILES string of the molecule is CCCc1ccc(C2COC(c3ccc(-c4cc(F)c(OC(F)(F)C=C(F)F)c(F)c4)c(F)c3)OC2)c(F)c1. The van der Waals surface area contributed by atoms with Crippen molar-refractivity contribution in [3.63, 3.8) is 0 Å². The number of halogens is 8. The summed E-state index contributed by atoms with van der Waals surface area (Å²) in [5.74, 6) is -6.58. The third kappa shape index (κ3) is 6.77. The van der Waals surface area contributed by atoms with Crippen LogP contribution < -0.4 is 4.74 Å². The van der Waals surface area contributed by atoms with Crippen molar-refractivity contribution >= 4 is 0 Å². The molecular formula is C28H22F8O3. The van der Waals surface area contributed by atoms with Gasteiger partial charge in [-0.05, 0) is 47.4 Å². The molecule has 0 N–H and O–H groups in total. The lowest BCUT2D eigenvalue weighted by Crippen LogP contribution is -2.26. The van der Waals surface area contributed by atoms with E-state index in [2.05, 4.69) is 4.74 Å². The molecule has 0 aliphatic carbocycles. The molecule has 4 rings (SSSR count). The molecule has 208 valence electrons. The minimum Gasteiger partial charge on any atom is -0.423 e. The molecule has 3 aromatic rings. The Morgan fingerprint density at radius 1 is 0.897 bits per heavy atom. The predicted octanol–water partition coefficient (Wildman–Crippen LogP) is 8.44. The summed E-state index contributed by atoms with van der Waals surface area (Å²) in [5.41, 5.74) is 0.926. The van der Waals surface area contributed by atoms with Gasteiger partial charge in [-0.3, -0.25) is 0 Å². The Morgan fingerprint density at radius 3 is 2.13 bits per heavy atom. The zero-order valence-corrected chi connectivity index (χ0v) is 20.4. The summed E-state index contributed by atoms with van der Waals surface area (Å²) in [4.78, 5) is 0. The molecule has 1 aliphatic heterocycles. The van der Waals surface area contributed by atoms with Gasteiger partial charge in [0, 0.05) is 17.0 Å². The molecule has 3 nitrogen and oxygen atoms in total. The second-order valence-electron chi connectivity index (χ2n) is 8.91. The maximum atomic E-state index is 14.9. The van der Waals surface area contributed by atoms with Gasteiger partial charge in [-0.1, -0.05) is 37.6 Å². The molecule has 1 heterocycles. The van der Waals surface area contributed by atoms with Gasteiger partial charge in [0.1, 0.15) is 11.6 Å². The lowest BCUT2D eigenvalue weighted by molar-refractivity contribution is -0.192. The monoisotopic (exact) mass is 558 g/mol. The van der Waals surface area contributed by atoms with Crippen LogP contribution in [0.15, 0.2) is 60.7 Å². The van der Waals surface area contributed by atoms with Crippen molar-refractivity contribution in [3.05, 3.63) is 101 Å². The third-order valence-corrected chi connectivity index (χ3v) is 6.03. The maximum absolute atomic E-state index is 14.9. The fraction of sp³-hybridized carbons (Fsp3) is 0.286. The molecule has 0 radical (unpaired) electrons. The van der Waals surface area contributed by atoms with Crippen molar-refractivity contribution in [1.82, 2.24) is 0 Å². The first-order chi connectivity index (χ1) is 18.5. The van der Waals surface area contributed by atoms with Gasteiger partial charge in [-0.25, -0.2) is 17.6 Å². The van der Waals surface area contributed by atoms with E-state index in [1.807, 2.05) is 13.0 Å². The van der Waals surface area contributed by atoms with Crippen LogP contribution in [0.3, 0.4) is 0 Å². The average molecular weight is 558 g/mol.